The lowest BCUT2D eigenvalue weighted by Crippen LogP contribution is -2.32. The summed E-state index contributed by atoms with van der Waals surface area (Å²) in [6.07, 6.45) is 21.8. The van der Waals surface area contributed by atoms with E-state index in [0.717, 1.165) is 77.7 Å². The molecule has 52 heavy (non-hydrogen) atoms. The average Bonchev–Trinajstić information content (AvgIpc) is 3.13. The maximum absolute atomic E-state index is 5.67. The molecule has 0 saturated carbocycles. The van der Waals surface area contributed by atoms with E-state index in [0.29, 0.717) is 37.0 Å². The molecule has 0 aliphatic heterocycles. The van der Waals surface area contributed by atoms with Crippen molar-refractivity contribution in [3.8, 4) is 0 Å². The first-order chi connectivity index (χ1) is 25.1. The number of nitrogens with two attached hydrogens (primary N) is 7. The fourth-order valence-electron chi connectivity index (χ4n) is 6.83. The lowest BCUT2D eigenvalue weighted by atomic mass is 9.73. The van der Waals surface area contributed by atoms with Crippen molar-refractivity contribution in [2.24, 2.45) is 65.1 Å². The molecule has 0 aromatic carbocycles. The van der Waals surface area contributed by atoms with Gasteiger partial charge in [0.05, 0.1) is 0 Å². The first kappa shape index (κ1) is 63.6. The van der Waals surface area contributed by atoms with Crippen LogP contribution in [0.25, 0.3) is 0 Å². The summed E-state index contributed by atoms with van der Waals surface area (Å²) in [6.45, 7) is 18.2. The fourth-order valence-corrected chi connectivity index (χ4v) is 6.83. The van der Waals surface area contributed by atoms with Crippen LogP contribution in [-0.4, -0.2) is 87.1 Å². The third-order valence-corrected chi connectivity index (χ3v) is 9.72. The largest absolute Gasteiger partial charge is 0.330 e. The monoisotopic (exact) mass is 784 g/mol. The lowest BCUT2D eigenvalue weighted by molar-refractivity contribution is 0.187. The molecular weight excluding hydrogens is 687 g/mol. The van der Waals surface area contributed by atoms with E-state index in [1.807, 2.05) is 13.8 Å². The highest BCUT2D eigenvalue weighted by molar-refractivity contribution is 7.47. The highest BCUT2D eigenvalue weighted by Gasteiger charge is 2.28. The van der Waals surface area contributed by atoms with Crippen molar-refractivity contribution in [2.75, 3.05) is 87.1 Å². The van der Waals surface area contributed by atoms with Gasteiger partial charge < -0.3 is 50.8 Å². The first-order valence-corrected chi connectivity index (χ1v) is 21.4. The van der Waals surface area contributed by atoms with Gasteiger partial charge in [0.25, 0.3) is 0 Å². The predicted molar refractivity (Wildman–Crippen MR) is 241 cm³/mol. The van der Waals surface area contributed by atoms with E-state index in [2.05, 4.69) is 79.1 Å². The highest BCUT2D eigenvalue weighted by Crippen LogP contribution is 2.38. The van der Waals surface area contributed by atoms with E-state index in [9.17, 15) is 0 Å². The zero-order chi connectivity index (χ0) is 41.4. The number of unbranched alkanes of at least 4 members (excludes halogenated alkanes) is 3. The van der Waals surface area contributed by atoms with E-state index in [1.54, 1.807) is 14.1 Å². The minimum absolute atomic E-state index is 0.201. The Balaban J connectivity index is -0.000000139. The molecule has 0 rings (SSSR count). The van der Waals surface area contributed by atoms with Gasteiger partial charge in [0.15, 0.2) is 0 Å². The van der Waals surface area contributed by atoms with Gasteiger partial charge in [0, 0.05) is 38.9 Å². The van der Waals surface area contributed by atoms with Crippen LogP contribution in [0.3, 0.4) is 0 Å². The Morgan fingerprint density at radius 3 is 0.731 bits per heavy atom. The van der Waals surface area contributed by atoms with E-state index in [-0.39, 0.29) is 5.41 Å². The van der Waals surface area contributed by atoms with Crippen molar-refractivity contribution in [3.05, 3.63) is 0 Å². The molecular formula is C39H97N11S2. The third-order valence-electron chi connectivity index (χ3n) is 9.72. The highest BCUT2D eigenvalue weighted by atomic mass is 32.1. The standard InChI is InChI=1S/C15H34N2.C11H27N3.C9H24N4.C2H6.2CH3NS/c1-5-7-9-15(10-8-6-2,11-13-16-3)12-14-17-4;1-2-3-4-11(5-8-12,6-9-13)7-10-14;10-5-1-9(2-6-11,3-7-12)4-8-13;1-2;2*1-2-3/h16-17H,5-14H2,1-4H3;2-10,12-14H2,1H3;1-8,10-13H2;1-2H3;2*1H3. The minimum atomic E-state index is 0.201. The van der Waals surface area contributed by atoms with Crippen molar-refractivity contribution >= 4 is 24.9 Å². The molecule has 0 atom stereocenters. The van der Waals surface area contributed by atoms with Crippen LogP contribution in [0.1, 0.15) is 150 Å². The van der Waals surface area contributed by atoms with Crippen LogP contribution in [-0.2, 0) is 24.9 Å². The Morgan fingerprint density at radius 2 is 0.577 bits per heavy atom. The maximum atomic E-state index is 5.67. The number of nitrogens with one attached hydrogen (secondary N) is 2. The van der Waals surface area contributed by atoms with Gasteiger partial charge >= 0.3 is 0 Å². The molecule has 0 saturated heterocycles. The summed E-state index contributed by atoms with van der Waals surface area (Å²) in [5, 5.41) is 6.66. The number of nitrogens with zero attached hydrogens (tertiary/aromatic N) is 2. The summed E-state index contributed by atoms with van der Waals surface area (Å²) in [6, 6.07) is 0. The molecule has 16 N–H and O–H groups in total. The smallest absolute Gasteiger partial charge is 0.0409 e. The van der Waals surface area contributed by atoms with Gasteiger partial charge in [-0.3, -0.25) is 0 Å². The van der Waals surface area contributed by atoms with Gasteiger partial charge in [0.2, 0.25) is 0 Å². The molecule has 0 bridgehead atoms. The normalized spacial score (nSPS) is 10.8. The van der Waals surface area contributed by atoms with Gasteiger partial charge in [-0.15, -0.1) is 0 Å². The van der Waals surface area contributed by atoms with Crippen LogP contribution in [0.2, 0.25) is 0 Å². The Hall–Kier alpha value is -0.320. The molecule has 13 heteroatoms. The predicted octanol–water partition coefficient (Wildman–Crippen LogP) is 5.87. The molecule has 0 amide bonds. The van der Waals surface area contributed by atoms with E-state index in [1.165, 1.54) is 70.6 Å². The Kier molecular flexibility index (Phi) is 64.6. The Morgan fingerprint density at radius 1 is 0.404 bits per heavy atom. The van der Waals surface area contributed by atoms with Crippen molar-refractivity contribution in [1.29, 1.82) is 0 Å². The van der Waals surface area contributed by atoms with E-state index >= 15 is 0 Å². The van der Waals surface area contributed by atoms with Gasteiger partial charge in [-0.25, -0.2) is 8.73 Å². The Labute approximate surface area is 336 Å². The molecule has 0 aromatic heterocycles. The summed E-state index contributed by atoms with van der Waals surface area (Å²) in [7, 11) is 7.27. The minimum Gasteiger partial charge on any atom is -0.330 e. The molecule has 0 heterocycles. The first-order valence-electron chi connectivity index (χ1n) is 20.7. The van der Waals surface area contributed by atoms with Crippen molar-refractivity contribution in [1.82, 2.24) is 10.6 Å². The zero-order valence-corrected chi connectivity index (χ0v) is 38.0. The van der Waals surface area contributed by atoms with Crippen LogP contribution in [0.5, 0.6) is 0 Å². The van der Waals surface area contributed by atoms with Crippen molar-refractivity contribution in [3.63, 3.8) is 0 Å². The second-order valence-corrected chi connectivity index (χ2v) is 14.4. The SMILES string of the molecule is CC.CCCCC(CCCC)(CCNC)CCNC.CCCCC(CCN)(CCN)CCN.CN=S.CN=S.NCCC(CCN)(CCN)CCN. The number of hydrogen-bond donors (Lipinski definition) is 9. The second kappa shape index (κ2) is 52.8. The molecule has 0 unspecified atom stereocenters. The summed E-state index contributed by atoms with van der Waals surface area (Å²) in [5.74, 6) is 0. The summed E-state index contributed by atoms with van der Waals surface area (Å²) in [5.41, 5.74) is 40.4. The van der Waals surface area contributed by atoms with Crippen molar-refractivity contribution < 1.29 is 0 Å². The fraction of sp³-hybridized carbons (Fsp3) is 1.00. The maximum Gasteiger partial charge on any atom is 0.0409 e. The summed E-state index contributed by atoms with van der Waals surface area (Å²) >= 11 is 8.04. The van der Waals surface area contributed by atoms with Crippen LogP contribution in [0.15, 0.2) is 8.73 Å². The Bertz CT molecular complexity index is 557. The van der Waals surface area contributed by atoms with Gasteiger partial charge in [-0.1, -0.05) is 73.1 Å². The molecule has 320 valence electrons. The van der Waals surface area contributed by atoms with Gasteiger partial charge in [-0.2, -0.15) is 0 Å². The molecule has 0 aliphatic carbocycles. The second-order valence-electron chi connectivity index (χ2n) is 13.7. The molecule has 0 aromatic rings. The van der Waals surface area contributed by atoms with Crippen LogP contribution in [0, 0.1) is 16.2 Å². The molecule has 0 spiro atoms. The van der Waals surface area contributed by atoms with Gasteiger partial charge in [0.1, 0.15) is 0 Å². The zero-order valence-electron chi connectivity index (χ0n) is 36.3. The molecule has 0 radical (unpaired) electrons. The van der Waals surface area contributed by atoms with Gasteiger partial charge in [-0.05, 0) is 166 Å². The topological polar surface area (TPSA) is 231 Å². The number of rotatable bonds is 29. The lowest BCUT2D eigenvalue weighted by Gasteiger charge is -2.34. The molecule has 0 aliphatic rings. The summed E-state index contributed by atoms with van der Waals surface area (Å²) < 4.78 is 6.17. The van der Waals surface area contributed by atoms with E-state index in [4.69, 9.17) is 40.1 Å². The summed E-state index contributed by atoms with van der Waals surface area (Å²) in [4.78, 5) is 0. The van der Waals surface area contributed by atoms with Crippen molar-refractivity contribution in [2.45, 2.75) is 150 Å². The van der Waals surface area contributed by atoms with E-state index < -0.39 is 0 Å². The van der Waals surface area contributed by atoms with Crippen LogP contribution < -0.4 is 50.8 Å². The van der Waals surface area contributed by atoms with Crippen LogP contribution >= 0.6 is 0 Å². The number of hydrogen-bond acceptors (Lipinski definition) is 13. The third kappa shape index (κ3) is 42.4. The van der Waals surface area contributed by atoms with Crippen LogP contribution in [0.4, 0.5) is 0 Å². The quantitative estimate of drug-likeness (QED) is 0.0436. The molecule has 0 fully saturated rings. The average molecular weight is 784 g/mol. The molecule has 11 nitrogen and oxygen atoms in total.